The first-order valence-electron chi connectivity index (χ1n) is 10.4. The molecule has 0 unspecified atom stereocenters. The molecule has 0 heterocycles. The number of hydrogen-bond acceptors (Lipinski definition) is 2. The molecule has 0 radical (unpaired) electrons. The first kappa shape index (κ1) is 31.0. The number of benzene rings is 2. The maximum Gasteiger partial charge on any atom is 0.123 e. The van der Waals surface area contributed by atoms with Crippen molar-refractivity contribution in [2.24, 2.45) is 0 Å². The van der Waals surface area contributed by atoms with Crippen LogP contribution in [0, 0.1) is 23.8 Å². The SMILES string of the molecule is CC1=CC[C-]=C1.CC1=[C-]CC(C)=C1.C[Si](C)=[Zr+2].Oc1ccc(F)cc1.Oc1ccc(F)cc1. The zero-order chi connectivity index (χ0) is 25.2. The van der Waals surface area contributed by atoms with Crippen LogP contribution in [0.15, 0.2) is 83.5 Å². The van der Waals surface area contributed by atoms with E-state index >= 15 is 0 Å². The quantitative estimate of drug-likeness (QED) is 0.264. The van der Waals surface area contributed by atoms with Crippen molar-refractivity contribution in [3.05, 3.63) is 107 Å². The summed E-state index contributed by atoms with van der Waals surface area (Å²) in [6.45, 7) is 10.9. The largest absolute Gasteiger partial charge is 0.508 e. The Morgan fingerprint density at radius 1 is 0.848 bits per heavy atom. The molecule has 2 aliphatic rings. The molecule has 0 aliphatic heterocycles. The Morgan fingerprint density at radius 3 is 1.42 bits per heavy atom. The molecule has 0 fully saturated rings. The van der Waals surface area contributed by atoms with Crippen LogP contribution < -0.4 is 0 Å². The second-order valence-corrected chi connectivity index (χ2v) is 16.9. The zero-order valence-electron chi connectivity index (χ0n) is 19.9. The molecule has 33 heavy (non-hydrogen) atoms. The molecule has 0 saturated heterocycles. The average molecular weight is 546 g/mol. The minimum atomic E-state index is -0.331. The second kappa shape index (κ2) is 18.4. The third kappa shape index (κ3) is 20.3. The minimum Gasteiger partial charge on any atom is -0.508 e. The van der Waals surface area contributed by atoms with E-state index in [-0.39, 0.29) is 28.6 Å². The Balaban J connectivity index is 0.000000395. The van der Waals surface area contributed by atoms with Gasteiger partial charge in [-0.3, -0.25) is 12.2 Å². The number of phenols is 2. The fourth-order valence-corrected chi connectivity index (χ4v) is 2.13. The van der Waals surface area contributed by atoms with Gasteiger partial charge in [-0.05, 0) is 48.5 Å². The van der Waals surface area contributed by atoms with Crippen LogP contribution in [0.25, 0.3) is 0 Å². The van der Waals surface area contributed by atoms with Crippen molar-refractivity contribution < 1.29 is 42.3 Å². The van der Waals surface area contributed by atoms with Gasteiger partial charge in [-0.15, -0.1) is 19.8 Å². The van der Waals surface area contributed by atoms with E-state index in [4.69, 9.17) is 10.2 Å². The molecule has 174 valence electrons. The normalized spacial score (nSPS) is 12.7. The summed E-state index contributed by atoms with van der Waals surface area (Å²) in [7, 11) is 0. The summed E-state index contributed by atoms with van der Waals surface area (Å²) in [5, 5.41) is 17.2. The van der Waals surface area contributed by atoms with E-state index in [0.29, 0.717) is 0 Å². The van der Waals surface area contributed by atoms with E-state index in [1.165, 1.54) is 65.3 Å². The molecular weight excluding hydrogens is 514 g/mol. The summed E-state index contributed by atoms with van der Waals surface area (Å²) in [4.78, 5) is 0. The van der Waals surface area contributed by atoms with Crippen LogP contribution in [0.1, 0.15) is 33.6 Å². The van der Waals surface area contributed by atoms with Crippen molar-refractivity contribution in [1.82, 2.24) is 0 Å². The van der Waals surface area contributed by atoms with Crippen LogP contribution in [-0.2, 0) is 23.3 Å². The van der Waals surface area contributed by atoms with E-state index in [0.717, 1.165) is 12.8 Å². The molecule has 0 atom stereocenters. The predicted octanol–water partition coefficient (Wildman–Crippen LogP) is 7.63. The van der Waals surface area contributed by atoms with Gasteiger partial charge in [0.25, 0.3) is 0 Å². The third-order valence-electron chi connectivity index (χ3n) is 3.63. The standard InChI is InChI=1S/C7H9.2C6H5FO.C6H7.C2H6Si.Zr/c1-6-3-4-7(2)5-6;2*7-5-1-3-6(8)4-2-5;1-6-4-2-3-5-6;1-3-2;/h5H,3H2,1-2H3;2*1-4,8H;4-5H,2H2,1H3;1-2H3;/q-1;;;-1;;+2. The number of allylic oxidation sites excluding steroid dienone is 8. The number of aromatic hydroxyl groups is 2. The molecule has 0 amide bonds. The zero-order valence-corrected chi connectivity index (χ0v) is 23.4. The number of phenolic OH excluding ortho intramolecular Hbond substituents is 2. The Morgan fingerprint density at radius 2 is 1.27 bits per heavy atom. The van der Waals surface area contributed by atoms with Gasteiger partial charge in [0, 0.05) is 0 Å². The monoisotopic (exact) mass is 544 g/mol. The Bertz CT molecular complexity index is 868. The first-order chi connectivity index (χ1) is 15.5. The molecule has 0 saturated carbocycles. The molecule has 2 aliphatic carbocycles. The second-order valence-electron chi connectivity index (χ2n) is 7.48. The van der Waals surface area contributed by atoms with Crippen LogP contribution in [0.5, 0.6) is 11.5 Å². The summed E-state index contributed by atoms with van der Waals surface area (Å²) < 4.78 is 24.0. The van der Waals surface area contributed by atoms with E-state index in [9.17, 15) is 8.78 Å². The average Bonchev–Trinajstić information content (AvgIpc) is 3.38. The van der Waals surface area contributed by atoms with Gasteiger partial charge >= 0.3 is 41.9 Å². The summed E-state index contributed by atoms with van der Waals surface area (Å²) in [6, 6.07) is 10.0. The molecule has 2 aromatic rings. The van der Waals surface area contributed by atoms with Crippen LogP contribution in [0.3, 0.4) is 0 Å². The number of hydrogen-bond donors (Lipinski definition) is 2. The van der Waals surface area contributed by atoms with Crippen LogP contribution >= 0.6 is 0 Å². The van der Waals surface area contributed by atoms with Crippen LogP contribution in [0.4, 0.5) is 8.78 Å². The van der Waals surface area contributed by atoms with Crippen molar-refractivity contribution in [3.8, 4) is 11.5 Å². The van der Waals surface area contributed by atoms with Gasteiger partial charge in [0.05, 0.1) is 0 Å². The van der Waals surface area contributed by atoms with Crippen LogP contribution in [-0.4, -0.2) is 15.6 Å². The molecule has 0 bridgehead atoms. The van der Waals surface area contributed by atoms with Crippen molar-refractivity contribution in [2.45, 2.75) is 46.7 Å². The summed E-state index contributed by atoms with van der Waals surface area (Å²) in [5.41, 5.74) is 4.27. The Kier molecular flexibility index (Phi) is 17.3. The fourth-order valence-electron chi connectivity index (χ4n) is 2.13. The molecule has 0 aromatic heterocycles. The summed E-state index contributed by atoms with van der Waals surface area (Å²) in [5.74, 6) is -0.483. The van der Waals surface area contributed by atoms with Gasteiger partial charge in [0.2, 0.25) is 0 Å². The van der Waals surface area contributed by atoms with Crippen molar-refractivity contribution >= 4 is 5.43 Å². The maximum atomic E-state index is 12.0. The van der Waals surface area contributed by atoms with Gasteiger partial charge in [0.15, 0.2) is 0 Å². The smallest absolute Gasteiger partial charge is 0.123 e. The fraction of sp³-hybridized carbons (Fsp3) is 0.259. The number of rotatable bonds is 0. The summed E-state index contributed by atoms with van der Waals surface area (Å²) in [6.07, 6.45) is 14.6. The molecule has 4 rings (SSSR count). The maximum absolute atomic E-state index is 12.0. The molecule has 0 spiro atoms. The molecular formula is C27H32F2O2SiZr. The van der Waals surface area contributed by atoms with Gasteiger partial charge in [-0.2, -0.15) is 11.6 Å². The number of halogens is 2. The van der Waals surface area contributed by atoms with E-state index in [2.05, 4.69) is 58.2 Å². The van der Waals surface area contributed by atoms with Gasteiger partial charge < -0.3 is 10.2 Å². The van der Waals surface area contributed by atoms with Crippen molar-refractivity contribution in [1.29, 1.82) is 0 Å². The molecule has 2 nitrogen and oxygen atoms in total. The molecule has 2 aromatic carbocycles. The predicted molar refractivity (Wildman–Crippen MR) is 131 cm³/mol. The van der Waals surface area contributed by atoms with Crippen molar-refractivity contribution in [3.63, 3.8) is 0 Å². The topological polar surface area (TPSA) is 40.5 Å². The van der Waals surface area contributed by atoms with E-state index in [1.54, 1.807) is 23.3 Å². The molecule has 2 N–H and O–H groups in total. The molecule has 6 heteroatoms. The van der Waals surface area contributed by atoms with Crippen molar-refractivity contribution in [2.75, 3.05) is 0 Å². The van der Waals surface area contributed by atoms with Crippen LogP contribution in [0.2, 0.25) is 13.1 Å². The first-order valence-corrected chi connectivity index (χ1v) is 16.6. The van der Waals surface area contributed by atoms with E-state index in [1.807, 2.05) is 6.08 Å². The third-order valence-corrected chi connectivity index (χ3v) is 3.63. The van der Waals surface area contributed by atoms with Gasteiger partial charge in [-0.1, -0.05) is 13.8 Å². The Labute approximate surface area is 212 Å². The minimum absolute atomic E-state index is 0.0893. The Hall–Kier alpha value is -2.04. The van der Waals surface area contributed by atoms with E-state index < -0.39 is 0 Å². The van der Waals surface area contributed by atoms with Gasteiger partial charge in [-0.25, -0.2) is 32.1 Å². The van der Waals surface area contributed by atoms with Gasteiger partial charge in [0.1, 0.15) is 23.1 Å². The summed E-state index contributed by atoms with van der Waals surface area (Å²) >= 11 is 1.74.